The van der Waals surface area contributed by atoms with Crippen LogP contribution in [0, 0.1) is 0 Å². The van der Waals surface area contributed by atoms with Crippen molar-refractivity contribution in [2.24, 2.45) is 0 Å². The van der Waals surface area contributed by atoms with Crippen LogP contribution in [0.5, 0.6) is 0 Å². The fourth-order valence-electron chi connectivity index (χ4n) is 2.09. The monoisotopic (exact) mass is 311 g/mol. The zero-order chi connectivity index (χ0) is 15.8. The van der Waals surface area contributed by atoms with Crippen LogP contribution >= 0.6 is 11.6 Å². The smallest absolute Gasteiger partial charge is 0.239 e. The summed E-state index contributed by atoms with van der Waals surface area (Å²) >= 11 is 6.37. The number of carbonyl (C=O) groups is 1. The number of nitrogens with zero attached hydrogens (tertiary/aromatic N) is 1. The number of amides is 1. The fourth-order valence-corrected chi connectivity index (χ4v) is 2.42. The number of benzene rings is 1. The first-order valence-electron chi connectivity index (χ1n) is 7.51. The van der Waals surface area contributed by atoms with Gasteiger partial charge in [-0.3, -0.25) is 4.79 Å². The minimum Gasteiger partial charge on any atom is -0.361 e. The van der Waals surface area contributed by atoms with Crippen LogP contribution in [0.15, 0.2) is 18.2 Å². The summed E-state index contributed by atoms with van der Waals surface area (Å²) in [5, 5.41) is 6.86. The van der Waals surface area contributed by atoms with Gasteiger partial charge < -0.3 is 15.5 Å². The molecule has 2 N–H and O–H groups in total. The van der Waals surface area contributed by atoms with Crippen LogP contribution in [0.1, 0.15) is 33.3 Å². The van der Waals surface area contributed by atoms with E-state index in [0.29, 0.717) is 11.6 Å². The van der Waals surface area contributed by atoms with Crippen LogP contribution in [-0.4, -0.2) is 31.6 Å². The molecular weight excluding hydrogens is 286 g/mol. The van der Waals surface area contributed by atoms with E-state index in [4.69, 9.17) is 11.6 Å². The average molecular weight is 312 g/mol. The molecule has 0 fully saturated rings. The number of halogens is 1. The number of rotatable bonds is 8. The Labute approximate surface area is 132 Å². The summed E-state index contributed by atoms with van der Waals surface area (Å²) in [7, 11) is 0. The van der Waals surface area contributed by atoms with Crippen molar-refractivity contribution in [3.05, 3.63) is 28.8 Å². The zero-order valence-electron chi connectivity index (χ0n) is 13.4. The third-order valence-corrected chi connectivity index (χ3v) is 3.40. The Kier molecular flexibility index (Phi) is 7.54. The Morgan fingerprint density at radius 1 is 1.33 bits per heavy atom. The van der Waals surface area contributed by atoms with Crippen LogP contribution in [-0.2, 0) is 11.3 Å². The molecule has 0 heterocycles. The highest BCUT2D eigenvalue weighted by Crippen LogP contribution is 2.26. The molecule has 1 rings (SSSR count). The van der Waals surface area contributed by atoms with Gasteiger partial charge in [0.1, 0.15) is 0 Å². The third-order valence-electron chi connectivity index (χ3n) is 3.10. The van der Waals surface area contributed by atoms with Crippen LogP contribution in [0.4, 0.5) is 5.69 Å². The van der Waals surface area contributed by atoms with Crippen molar-refractivity contribution in [3.8, 4) is 0 Å². The van der Waals surface area contributed by atoms with Gasteiger partial charge in [0.25, 0.3) is 0 Å². The van der Waals surface area contributed by atoms with Gasteiger partial charge in [-0.1, -0.05) is 24.6 Å². The van der Waals surface area contributed by atoms with Crippen molar-refractivity contribution >= 4 is 23.2 Å². The fraction of sp³-hybridized carbons (Fsp3) is 0.562. The van der Waals surface area contributed by atoms with E-state index >= 15 is 0 Å². The molecule has 0 spiro atoms. The van der Waals surface area contributed by atoms with Gasteiger partial charge in [0.15, 0.2) is 0 Å². The molecule has 5 heteroatoms. The maximum absolute atomic E-state index is 11.9. The number of likely N-dealkylation sites (N-methyl/N-ethyl adjacent to an activating group) is 1. The van der Waals surface area contributed by atoms with Crippen molar-refractivity contribution < 1.29 is 4.79 Å². The van der Waals surface area contributed by atoms with E-state index in [0.717, 1.165) is 30.9 Å². The highest BCUT2D eigenvalue weighted by Gasteiger charge is 2.13. The lowest BCUT2D eigenvalue weighted by molar-refractivity contribution is -0.120. The first kappa shape index (κ1) is 17.8. The van der Waals surface area contributed by atoms with Crippen LogP contribution in [0.25, 0.3) is 0 Å². The molecule has 1 aromatic carbocycles. The first-order valence-corrected chi connectivity index (χ1v) is 7.89. The molecule has 0 aliphatic heterocycles. The first-order chi connectivity index (χ1) is 9.97. The number of hydrogen-bond acceptors (Lipinski definition) is 3. The summed E-state index contributed by atoms with van der Waals surface area (Å²) in [5.41, 5.74) is 2.05. The summed E-state index contributed by atoms with van der Waals surface area (Å²) in [6.07, 6.45) is 0. The topological polar surface area (TPSA) is 44.4 Å². The molecule has 0 radical (unpaired) electrons. The lowest BCUT2D eigenvalue weighted by Crippen LogP contribution is -2.40. The minimum absolute atomic E-state index is 0.0136. The van der Waals surface area contributed by atoms with Crippen molar-refractivity contribution in [2.45, 2.75) is 40.3 Å². The molecule has 0 aliphatic carbocycles. The summed E-state index contributed by atoms with van der Waals surface area (Å²) in [6, 6.07) is 6.14. The van der Waals surface area contributed by atoms with E-state index in [1.165, 1.54) is 0 Å². The second-order valence-corrected chi connectivity index (χ2v) is 5.71. The molecular formula is C16H26ClN3O. The van der Waals surface area contributed by atoms with E-state index in [2.05, 4.69) is 17.6 Å². The van der Waals surface area contributed by atoms with Gasteiger partial charge >= 0.3 is 0 Å². The molecule has 0 atom stereocenters. The molecule has 118 valence electrons. The predicted octanol–water partition coefficient (Wildman–Crippen LogP) is 2.80. The molecule has 0 saturated carbocycles. The normalized spacial score (nSPS) is 10.8. The minimum atomic E-state index is 0.0136. The number of nitrogens with one attached hydrogen (secondary N) is 2. The highest BCUT2D eigenvalue weighted by atomic mass is 35.5. The summed E-state index contributed by atoms with van der Waals surface area (Å²) < 4.78 is 0. The van der Waals surface area contributed by atoms with Gasteiger partial charge in [0, 0.05) is 19.1 Å². The van der Waals surface area contributed by atoms with Crippen LogP contribution in [0.3, 0.4) is 0 Å². The molecule has 0 aliphatic rings. The van der Waals surface area contributed by atoms with E-state index in [1.807, 2.05) is 43.9 Å². The SMILES string of the molecule is CCNCc1ccc(N(CC)CC(=O)NC(C)C)c(Cl)c1. The van der Waals surface area contributed by atoms with E-state index in [1.54, 1.807) is 0 Å². The van der Waals surface area contributed by atoms with Crippen molar-refractivity contribution in [1.29, 1.82) is 0 Å². The average Bonchev–Trinajstić information content (AvgIpc) is 2.42. The Morgan fingerprint density at radius 3 is 2.57 bits per heavy atom. The lowest BCUT2D eigenvalue weighted by atomic mass is 10.2. The number of hydrogen-bond donors (Lipinski definition) is 2. The number of carbonyl (C=O) groups excluding carboxylic acids is 1. The summed E-state index contributed by atoms with van der Waals surface area (Å²) in [5.74, 6) is 0.0136. The lowest BCUT2D eigenvalue weighted by Gasteiger charge is -2.24. The van der Waals surface area contributed by atoms with Crippen molar-refractivity contribution in [3.63, 3.8) is 0 Å². The quantitative estimate of drug-likeness (QED) is 0.776. The Balaban J connectivity index is 2.78. The molecule has 4 nitrogen and oxygen atoms in total. The Hall–Kier alpha value is -1.26. The van der Waals surface area contributed by atoms with E-state index in [9.17, 15) is 4.79 Å². The van der Waals surface area contributed by atoms with Gasteiger partial charge in [-0.15, -0.1) is 0 Å². The molecule has 1 aromatic rings. The Bertz CT molecular complexity index is 463. The predicted molar refractivity (Wildman–Crippen MR) is 90.0 cm³/mol. The molecule has 0 bridgehead atoms. The largest absolute Gasteiger partial charge is 0.361 e. The number of anilines is 1. The van der Waals surface area contributed by atoms with Crippen LogP contribution < -0.4 is 15.5 Å². The summed E-state index contributed by atoms with van der Waals surface area (Å²) in [4.78, 5) is 13.9. The summed E-state index contributed by atoms with van der Waals surface area (Å²) in [6.45, 7) is 10.8. The maximum atomic E-state index is 11.9. The van der Waals surface area contributed by atoms with E-state index < -0.39 is 0 Å². The van der Waals surface area contributed by atoms with E-state index in [-0.39, 0.29) is 11.9 Å². The van der Waals surface area contributed by atoms with Crippen molar-refractivity contribution in [2.75, 3.05) is 24.5 Å². The van der Waals surface area contributed by atoms with Gasteiger partial charge in [-0.05, 0) is 45.0 Å². The van der Waals surface area contributed by atoms with Crippen molar-refractivity contribution in [1.82, 2.24) is 10.6 Å². The Morgan fingerprint density at radius 2 is 2.05 bits per heavy atom. The standard InChI is InChI=1S/C16H26ClN3O/c1-5-18-10-13-7-8-15(14(17)9-13)20(6-2)11-16(21)19-12(3)4/h7-9,12,18H,5-6,10-11H2,1-4H3,(H,19,21). The molecule has 0 aromatic heterocycles. The third kappa shape index (κ3) is 5.94. The molecule has 1 amide bonds. The van der Waals surface area contributed by atoms with Crippen LogP contribution in [0.2, 0.25) is 5.02 Å². The molecule has 0 saturated heterocycles. The van der Waals surface area contributed by atoms with Gasteiger partial charge in [-0.25, -0.2) is 0 Å². The van der Waals surface area contributed by atoms with Gasteiger partial charge in [0.2, 0.25) is 5.91 Å². The molecule has 21 heavy (non-hydrogen) atoms. The zero-order valence-corrected chi connectivity index (χ0v) is 14.1. The van der Waals surface area contributed by atoms with Gasteiger partial charge in [0.05, 0.1) is 17.3 Å². The highest BCUT2D eigenvalue weighted by molar-refractivity contribution is 6.33. The second kappa shape index (κ2) is 8.90. The second-order valence-electron chi connectivity index (χ2n) is 5.30. The van der Waals surface area contributed by atoms with Gasteiger partial charge in [-0.2, -0.15) is 0 Å². The molecule has 0 unspecified atom stereocenters. The maximum Gasteiger partial charge on any atom is 0.239 e.